The van der Waals surface area contributed by atoms with Crippen LogP contribution in [-0.4, -0.2) is 24.1 Å². The Labute approximate surface area is 168 Å². The number of hydrogen-bond acceptors (Lipinski definition) is 2. The third kappa shape index (κ3) is 5.55. The first-order chi connectivity index (χ1) is 10.5. The molecule has 2 heterocycles. The molecule has 0 amide bonds. The van der Waals surface area contributed by atoms with Crippen molar-refractivity contribution in [1.29, 1.82) is 0 Å². The molecule has 128 valence electrons. The number of halogens is 3. The Morgan fingerprint density at radius 2 is 2.13 bits per heavy atom. The molecular formula is C15H21Cl2IN4S. The molecule has 0 aliphatic carbocycles. The first-order valence-corrected chi connectivity index (χ1v) is 8.64. The van der Waals surface area contributed by atoms with E-state index in [1.54, 1.807) is 18.4 Å². The van der Waals surface area contributed by atoms with E-state index in [1.807, 2.05) is 17.7 Å². The van der Waals surface area contributed by atoms with Crippen molar-refractivity contribution >= 4 is 64.5 Å². The van der Waals surface area contributed by atoms with E-state index in [4.69, 9.17) is 23.2 Å². The first kappa shape index (κ1) is 20.6. The van der Waals surface area contributed by atoms with E-state index in [0.29, 0.717) is 22.6 Å². The summed E-state index contributed by atoms with van der Waals surface area (Å²) in [5.41, 5.74) is 1.00. The third-order valence-corrected chi connectivity index (χ3v) is 5.43. The van der Waals surface area contributed by atoms with Gasteiger partial charge in [-0.15, -0.1) is 35.3 Å². The van der Waals surface area contributed by atoms with Crippen molar-refractivity contribution in [2.75, 3.05) is 13.6 Å². The van der Waals surface area contributed by atoms with Gasteiger partial charge in [-0.05, 0) is 17.5 Å². The van der Waals surface area contributed by atoms with Gasteiger partial charge in [0.05, 0.1) is 11.6 Å². The number of guanidine groups is 1. The van der Waals surface area contributed by atoms with Crippen LogP contribution in [0.2, 0.25) is 10.2 Å². The molecule has 0 aliphatic heterocycles. The minimum absolute atomic E-state index is 0. The van der Waals surface area contributed by atoms with Gasteiger partial charge in [-0.1, -0.05) is 36.2 Å². The molecule has 1 unspecified atom stereocenters. The van der Waals surface area contributed by atoms with E-state index in [2.05, 4.69) is 40.1 Å². The maximum absolute atomic E-state index is 6.07. The predicted octanol–water partition coefficient (Wildman–Crippen LogP) is 4.48. The van der Waals surface area contributed by atoms with E-state index >= 15 is 0 Å². The normalized spacial score (nSPS) is 12.7. The van der Waals surface area contributed by atoms with E-state index in [-0.39, 0.29) is 24.0 Å². The molecule has 8 heteroatoms. The van der Waals surface area contributed by atoms with Gasteiger partial charge in [0.2, 0.25) is 0 Å². The van der Waals surface area contributed by atoms with Crippen LogP contribution in [0.4, 0.5) is 0 Å². The van der Waals surface area contributed by atoms with Crippen molar-refractivity contribution in [3.05, 3.63) is 44.3 Å². The molecule has 0 spiro atoms. The summed E-state index contributed by atoms with van der Waals surface area (Å²) in [5.74, 6) is 1.20. The fourth-order valence-electron chi connectivity index (χ4n) is 2.08. The van der Waals surface area contributed by atoms with Crippen molar-refractivity contribution in [2.45, 2.75) is 19.4 Å². The van der Waals surface area contributed by atoms with Crippen molar-refractivity contribution in [2.24, 2.45) is 12.0 Å². The van der Waals surface area contributed by atoms with Gasteiger partial charge >= 0.3 is 0 Å². The highest BCUT2D eigenvalue weighted by Gasteiger charge is 2.10. The fourth-order valence-corrected chi connectivity index (χ4v) is 3.28. The molecule has 0 bridgehead atoms. The second-order valence-corrected chi connectivity index (χ2v) is 6.80. The van der Waals surface area contributed by atoms with E-state index in [1.165, 1.54) is 4.88 Å². The van der Waals surface area contributed by atoms with Crippen LogP contribution in [0.15, 0.2) is 28.6 Å². The van der Waals surface area contributed by atoms with Crippen LogP contribution in [0.5, 0.6) is 0 Å². The molecule has 4 nitrogen and oxygen atoms in total. The number of aromatic nitrogens is 1. The van der Waals surface area contributed by atoms with E-state index in [0.717, 1.165) is 18.2 Å². The molecule has 0 saturated carbocycles. The second-order valence-electron chi connectivity index (χ2n) is 5.06. The molecule has 2 aromatic heterocycles. The lowest BCUT2D eigenvalue weighted by Gasteiger charge is -2.15. The molecule has 0 saturated heterocycles. The number of rotatable bonds is 5. The maximum atomic E-state index is 6.07. The van der Waals surface area contributed by atoms with Gasteiger partial charge < -0.3 is 15.2 Å². The number of aliphatic imine (C=N–C) groups is 1. The van der Waals surface area contributed by atoms with Crippen molar-refractivity contribution < 1.29 is 0 Å². The number of hydrogen-bond donors (Lipinski definition) is 2. The van der Waals surface area contributed by atoms with Crippen LogP contribution >= 0.6 is 58.5 Å². The van der Waals surface area contributed by atoms with Crippen LogP contribution in [0.3, 0.4) is 0 Å². The van der Waals surface area contributed by atoms with Crippen molar-refractivity contribution in [1.82, 2.24) is 15.2 Å². The van der Waals surface area contributed by atoms with E-state index in [9.17, 15) is 0 Å². The van der Waals surface area contributed by atoms with Gasteiger partial charge in [0.1, 0.15) is 5.15 Å². The van der Waals surface area contributed by atoms with E-state index < -0.39 is 0 Å². The lowest BCUT2D eigenvalue weighted by molar-refractivity contribution is 0.698. The fraction of sp³-hybridized carbons (Fsp3) is 0.400. The molecule has 2 rings (SSSR count). The number of nitrogens with zero attached hydrogens (tertiary/aromatic N) is 2. The standard InChI is InChI=1S/C15H20Cl2N4S.HI/c1-10(13-5-4-6-22-13)8-19-15(18-2)20-9-11-7-12(16)14(17)21(11)3;/h4-7,10H,8-9H2,1-3H3,(H2,18,19,20);1H. The van der Waals surface area contributed by atoms with Gasteiger partial charge in [-0.3, -0.25) is 4.99 Å². The summed E-state index contributed by atoms with van der Waals surface area (Å²) in [5, 5.41) is 9.82. The van der Waals surface area contributed by atoms with Gasteiger partial charge in [0, 0.05) is 37.1 Å². The average Bonchev–Trinajstić information content (AvgIpc) is 3.13. The highest BCUT2D eigenvalue weighted by atomic mass is 127. The Bertz CT molecular complexity index is 640. The molecule has 2 N–H and O–H groups in total. The molecular weight excluding hydrogens is 466 g/mol. The Kier molecular flexibility index (Phi) is 8.74. The summed E-state index contributed by atoms with van der Waals surface area (Å²) in [7, 11) is 3.65. The van der Waals surface area contributed by atoms with Gasteiger partial charge in [0.25, 0.3) is 0 Å². The predicted molar refractivity (Wildman–Crippen MR) is 112 cm³/mol. The largest absolute Gasteiger partial charge is 0.356 e. The van der Waals surface area contributed by atoms with Gasteiger partial charge in [0.15, 0.2) is 5.96 Å². The van der Waals surface area contributed by atoms with Crippen LogP contribution < -0.4 is 10.6 Å². The quantitative estimate of drug-likeness (QED) is 0.371. The Balaban J connectivity index is 0.00000264. The highest BCUT2D eigenvalue weighted by Crippen LogP contribution is 2.25. The zero-order chi connectivity index (χ0) is 16.1. The molecule has 0 aliphatic rings. The molecule has 0 radical (unpaired) electrons. The minimum atomic E-state index is 0. The summed E-state index contributed by atoms with van der Waals surface area (Å²) in [6, 6.07) is 6.09. The Morgan fingerprint density at radius 1 is 1.39 bits per heavy atom. The van der Waals surface area contributed by atoms with Crippen LogP contribution in [0.25, 0.3) is 0 Å². The minimum Gasteiger partial charge on any atom is -0.356 e. The average molecular weight is 487 g/mol. The second kappa shape index (κ2) is 9.76. The third-order valence-electron chi connectivity index (χ3n) is 3.48. The zero-order valence-electron chi connectivity index (χ0n) is 13.3. The molecule has 2 aromatic rings. The highest BCUT2D eigenvalue weighted by molar-refractivity contribution is 14.0. The number of nitrogens with one attached hydrogen (secondary N) is 2. The summed E-state index contributed by atoms with van der Waals surface area (Å²) in [6.07, 6.45) is 0. The zero-order valence-corrected chi connectivity index (χ0v) is 17.9. The molecule has 23 heavy (non-hydrogen) atoms. The van der Waals surface area contributed by atoms with Gasteiger partial charge in [-0.2, -0.15) is 0 Å². The van der Waals surface area contributed by atoms with Gasteiger partial charge in [-0.25, -0.2) is 0 Å². The molecule has 0 aromatic carbocycles. The first-order valence-electron chi connectivity index (χ1n) is 7.00. The Hall–Kier alpha value is -0.440. The monoisotopic (exact) mass is 486 g/mol. The summed E-state index contributed by atoms with van der Waals surface area (Å²) < 4.78 is 1.86. The smallest absolute Gasteiger partial charge is 0.191 e. The lowest BCUT2D eigenvalue weighted by atomic mass is 10.1. The van der Waals surface area contributed by atoms with Crippen LogP contribution in [0.1, 0.15) is 23.4 Å². The van der Waals surface area contributed by atoms with Crippen molar-refractivity contribution in [3.63, 3.8) is 0 Å². The SMILES string of the molecule is CN=C(NCc1cc(Cl)c(Cl)n1C)NCC(C)c1cccs1.I. The Morgan fingerprint density at radius 3 is 2.65 bits per heavy atom. The molecule has 0 fully saturated rings. The van der Waals surface area contributed by atoms with Crippen LogP contribution in [-0.2, 0) is 13.6 Å². The van der Waals surface area contributed by atoms with Crippen molar-refractivity contribution in [3.8, 4) is 0 Å². The topological polar surface area (TPSA) is 41.4 Å². The maximum Gasteiger partial charge on any atom is 0.191 e. The summed E-state index contributed by atoms with van der Waals surface area (Å²) >= 11 is 13.9. The molecule has 1 atom stereocenters. The summed E-state index contributed by atoms with van der Waals surface area (Å²) in [4.78, 5) is 5.60. The number of thiophene rings is 1. The summed E-state index contributed by atoms with van der Waals surface area (Å²) in [6.45, 7) is 3.63. The van der Waals surface area contributed by atoms with Crippen LogP contribution in [0, 0.1) is 0 Å². The lowest BCUT2D eigenvalue weighted by Crippen LogP contribution is -2.38.